The first-order valence-corrected chi connectivity index (χ1v) is 12.6. The highest BCUT2D eigenvalue weighted by molar-refractivity contribution is 7.92. The summed E-state index contributed by atoms with van der Waals surface area (Å²) >= 11 is 6.31. The molecular weight excluding hydrogens is 484 g/mol. The molecule has 0 radical (unpaired) electrons. The van der Waals surface area contributed by atoms with Crippen LogP contribution in [0, 0.1) is 6.92 Å². The number of sulfonamides is 1. The van der Waals surface area contributed by atoms with Gasteiger partial charge in [0.2, 0.25) is 5.91 Å². The molecule has 0 aromatic heterocycles. The lowest BCUT2D eigenvalue weighted by molar-refractivity contribution is -0.114. The Kier molecular flexibility index (Phi) is 7.39. The highest BCUT2D eigenvalue weighted by Gasteiger charge is 2.28. The topological polar surface area (TPSA) is 75.7 Å². The summed E-state index contributed by atoms with van der Waals surface area (Å²) in [5, 5.41) is 2.96. The maximum absolute atomic E-state index is 13.5. The van der Waals surface area contributed by atoms with Gasteiger partial charge in [-0.1, -0.05) is 59.6 Å². The van der Waals surface area contributed by atoms with Crippen LogP contribution in [0.15, 0.2) is 108 Å². The minimum atomic E-state index is -4.05. The summed E-state index contributed by atoms with van der Waals surface area (Å²) in [6.07, 6.45) is 0. The molecule has 0 unspecified atom stereocenters. The molecule has 0 saturated carbocycles. The van der Waals surface area contributed by atoms with Crippen molar-refractivity contribution in [2.45, 2.75) is 11.8 Å². The average Bonchev–Trinajstić information content (AvgIpc) is 2.85. The zero-order valence-electron chi connectivity index (χ0n) is 18.9. The molecule has 0 atom stereocenters. The maximum atomic E-state index is 13.5. The monoisotopic (exact) mass is 506 g/mol. The Balaban J connectivity index is 1.54. The minimum absolute atomic E-state index is 0.0678. The highest BCUT2D eigenvalue weighted by atomic mass is 35.5. The molecule has 0 fully saturated rings. The number of carbonyl (C=O) groups is 1. The van der Waals surface area contributed by atoms with E-state index < -0.39 is 22.5 Å². The Morgan fingerprint density at radius 3 is 2.09 bits per heavy atom. The molecule has 8 heteroatoms. The number of ether oxygens (including phenoxy) is 1. The lowest BCUT2D eigenvalue weighted by Gasteiger charge is -2.25. The van der Waals surface area contributed by atoms with Crippen LogP contribution in [0.25, 0.3) is 0 Å². The van der Waals surface area contributed by atoms with E-state index in [4.69, 9.17) is 16.3 Å². The van der Waals surface area contributed by atoms with Gasteiger partial charge in [-0.3, -0.25) is 9.10 Å². The van der Waals surface area contributed by atoms with Crippen LogP contribution >= 0.6 is 11.6 Å². The van der Waals surface area contributed by atoms with Crippen molar-refractivity contribution in [1.82, 2.24) is 0 Å². The molecule has 35 heavy (non-hydrogen) atoms. The van der Waals surface area contributed by atoms with Crippen molar-refractivity contribution in [3.63, 3.8) is 0 Å². The maximum Gasteiger partial charge on any atom is 0.264 e. The molecule has 0 aliphatic rings. The lowest BCUT2D eigenvalue weighted by atomic mass is 10.2. The fourth-order valence-electron chi connectivity index (χ4n) is 3.35. The molecule has 0 spiro atoms. The number of halogens is 1. The summed E-state index contributed by atoms with van der Waals surface area (Å²) in [4.78, 5) is 13.0. The fraction of sp³-hybridized carbons (Fsp3) is 0.0741. The highest BCUT2D eigenvalue weighted by Crippen LogP contribution is 2.30. The number of aryl methyl sites for hydroxylation is 1. The predicted molar refractivity (Wildman–Crippen MR) is 139 cm³/mol. The second kappa shape index (κ2) is 10.6. The van der Waals surface area contributed by atoms with Gasteiger partial charge in [0.1, 0.15) is 18.0 Å². The van der Waals surface area contributed by atoms with Crippen LogP contribution in [0.1, 0.15) is 5.56 Å². The molecule has 4 aromatic rings. The standard InChI is InChI=1S/C27H23ClN2O4S/c1-20-11-17-24(18-12-20)35(32,33)30(26-10-6-5-9-25(26)28)19-27(31)29-21-13-15-23(16-14-21)34-22-7-3-2-4-8-22/h2-18H,19H2,1H3,(H,29,31). The average molecular weight is 507 g/mol. The fourth-order valence-corrected chi connectivity index (χ4v) is 5.08. The SMILES string of the molecule is Cc1ccc(S(=O)(=O)N(CC(=O)Nc2ccc(Oc3ccccc3)cc2)c2ccccc2Cl)cc1. The third kappa shape index (κ3) is 6.01. The van der Waals surface area contributed by atoms with E-state index >= 15 is 0 Å². The molecule has 4 rings (SSSR count). The number of benzene rings is 4. The summed E-state index contributed by atoms with van der Waals surface area (Å²) in [5.41, 5.74) is 1.64. The summed E-state index contributed by atoms with van der Waals surface area (Å²) in [7, 11) is -4.05. The number of hydrogen-bond acceptors (Lipinski definition) is 4. The Morgan fingerprint density at radius 1 is 0.829 bits per heavy atom. The molecule has 4 aromatic carbocycles. The number of carbonyl (C=O) groups excluding carboxylic acids is 1. The number of amides is 1. The van der Waals surface area contributed by atoms with Gasteiger partial charge >= 0.3 is 0 Å². The van der Waals surface area contributed by atoms with Gasteiger partial charge in [-0.25, -0.2) is 8.42 Å². The molecule has 0 bridgehead atoms. The number of anilines is 2. The quantitative estimate of drug-likeness (QED) is 0.305. The molecule has 1 amide bonds. The van der Waals surface area contributed by atoms with E-state index in [9.17, 15) is 13.2 Å². The second-order valence-corrected chi connectivity index (χ2v) is 10.0. The van der Waals surface area contributed by atoms with Gasteiger partial charge in [-0.15, -0.1) is 0 Å². The van der Waals surface area contributed by atoms with Crippen molar-refractivity contribution in [3.8, 4) is 11.5 Å². The number of nitrogens with one attached hydrogen (secondary N) is 1. The lowest BCUT2D eigenvalue weighted by Crippen LogP contribution is -2.38. The normalized spacial score (nSPS) is 11.0. The first-order chi connectivity index (χ1) is 16.8. The van der Waals surface area contributed by atoms with E-state index in [1.165, 1.54) is 12.1 Å². The smallest absolute Gasteiger partial charge is 0.264 e. The Hall–Kier alpha value is -3.81. The van der Waals surface area contributed by atoms with Crippen LogP contribution in [-0.2, 0) is 14.8 Å². The number of para-hydroxylation sites is 2. The van der Waals surface area contributed by atoms with Crippen LogP contribution in [-0.4, -0.2) is 20.9 Å². The van der Waals surface area contributed by atoms with Crippen LogP contribution in [0.3, 0.4) is 0 Å². The Labute approximate surface area is 209 Å². The van der Waals surface area contributed by atoms with Crippen molar-refractivity contribution in [3.05, 3.63) is 114 Å². The van der Waals surface area contributed by atoms with Gasteiger partial charge in [0, 0.05) is 5.69 Å². The van der Waals surface area contributed by atoms with Gasteiger partial charge < -0.3 is 10.1 Å². The third-order valence-corrected chi connectivity index (χ3v) is 7.23. The largest absolute Gasteiger partial charge is 0.457 e. The second-order valence-electron chi connectivity index (χ2n) is 7.76. The zero-order valence-corrected chi connectivity index (χ0v) is 20.5. The van der Waals surface area contributed by atoms with Crippen molar-refractivity contribution in [2.24, 2.45) is 0 Å². The molecule has 6 nitrogen and oxygen atoms in total. The van der Waals surface area contributed by atoms with Gasteiger partial charge in [0.15, 0.2) is 0 Å². The van der Waals surface area contributed by atoms with E-state index in [-0.39, 0.29) is 15.6 Å². The number of hydrogen-bond donors (Lipinski definition) is 1. The van der Waals surface area contributed by atoms with E-state index in [1.54, 1.807) is 60.7 Å². The molecule has 1 N–H and O–H groups in total. The van der Waals surface area contributed by atoms with Crippen LogP contribution in [0.4, 0.5) is 11.4 Å². The van der Waals surface area contributed by atoms with Crippen molar-refractivity contribution >= 4 is 38.9 Å². The summed E-state index contributed by atoms with van der Waals surface area (Å²) in [6.45, 7) is 1.41. The van der Waals surface area contributed by atoms with E-state index in [0.29, 0.717) is 17.2 Å². The Bertz CT molecular complexity index is 1410. The molecule has 0 aliphatic heterocycles. The van der Waals surface area contributed by atoms with Gasteiger partial charge in [0.25, 0.3) is 10.0 Å². The first kappa shape index (κ1) is 24.3. The predicted octanol–water partition coefficient (Wildman–Crippen LogP) is 6.27. The van der Waals surface area contributed by atoms with Crippen LogP contribution in [0.2, 0.25) is 5.02 Å². The van der Waals surface area contributed by atoms with E-state index in [2.05, 4.69) is 5.32 Å². The van der Waals surface area contributed by atoms with Crippen molar-refractivity contribution < 1.29 is 17.9 Å². The summed E-state index contributed by atoms with van der Waals surface area (Å²) in [5.74, 6) is 0.784. The van der Waals surface area contributed by atoms with Gasteiger partial charge in [-0.05, 0) is 67.6 Å². The first-order valence-electron chi connectivity index (χ1n) is 10.8. The van der Waals surface area contributed by atoms with Crippen molar-refractivity contribution in [2.75, 3.05) is 16.2 Å². The molecule has 0 saturated heterocycles. The Morgan fingerprint density at radius 2 is 1.43 bits per heavy atom. The van der Waals surface area contributed by atoms with E-state index in [0.717, 1.165) is 9.87 Å². The minimum Gasteiger partial charge on any atom is -0.457 e. The van der Waals surface area contributed by atoms with Gasteiger partial charge in [0.05, 0.1) is 15.6 Å². The van der Waals surface area contributed by atoms with E-state index in [1.807, 2.05) is 37.3 Å². The third-order valence-electron chi connectivity index (χ3n) is 5.13. The molecule has 0 heterocycles. The zero-order chi connectivity index (χ0) is 24.8. The molecular formula is C27H23ClN2O4S. The van der Waals surface area contributed by atoms with Crippen molar-refractivity contribution in [1.29, 1.82) is 0 Å². The van der Waals surface area contributed by atoms with Crippen LogP contribution in [0.5, 0.6) is 11.5 Å². The van der Waals surface area contributed by atoms with Crippen LogP contribution < -0.4 is 14.4 Å². The molecule has 0 aliphatic carbocycles. The number of rotatable bonds is 8. The summed E-state index contributed by atoms with van der Waals surface area (Å²) in [6, 6.07) is 29.1. The summed E-state index contributed by atoms with van der Waals surface area (Å²) < 4.78 is 33.7. The molecule has 178 valence electrons. The number of nitrogens with zero attached hydrogens (tertiary/aromatic N) is 1. The van der Waals surface area contributed by atoms with Gasteiger partial charge in [-0.2, -0.15) is 0 Å².